The molecule has 0 saturated heterocycles. The number of amides is 1. The lowest BCUT2D eigenvalue weighted by Gasteiger charge is -2.14. The van der Waals surface area contributed by atoms with Crippen LogP contribution in [0.5, 0.6) is 0 Å². The Morgan fingerprint density at radius 1 is 0.810 bits per heavy atom. The van der Waals surface area contributed by atoms with Crippen LogP contribution < -0.4 is 11.1 Å². The number of hydrogen-bond donors (Lipinski definition) is 2. The van der Waals surface area contributed by atoms with Crippen LogP contribution in [-0.2, 0) is 25.4 Å². The van der Waals surface area contributed by atoms with Crippen LogP contribution in [0.3, 0.4) is 0 Å². The average Bonchev–Trinajstić information content (AvgIpc) is 3.40. The molecule has 0 spiro atoms. The topological polar surface area (TPSA) is 85.8 Å². The molecule has 218 valence electrons. The van der Waals surface area contributed by atoms with Gasteiger partial charge in [0.2, 0.25) is 0 Å². The van der Waals surface area contributed by atoms with Crippen molar-refractivity contribution < 1.29 is 35.5 Å². The molecule has 0 aliphatic rings. The van der Waals surface area contributed by atoms with Crippen LogP contribution in [0.15, 0.2) is 91.4 Å². The fraction of sp³-hybridized carbons (Fsp3) is 0.138. The van der Waals surface area contributed by atoms with Crippen LogP contribution >= 0.6 is 0 Å². The molecule has 5 aromatic rings. The second-order valence-electron chi connectivity index (χ2n) is 8.94. The van der Waals surface area contributed by atoms with E-state index >= 15 is 0 Å². The van der Waals surface area contributed by atoms with Crippen LogP contribution in [0.4, 0.5) is 30.7 Å². The molecule has 0 bridgehead atoms. The predicted octanol–water partition coefficient (Wildman–Crippen LogP) is 6.67. The smallest absolute Gasteiger partial charge is 0.348 e. The summed E-state index contributed by atoms with van der Waals surface area (Å²) in [4.78, 5) is 16.7. The van der Waals surface area contributed by atoms with Crippen molar-refractivity contribution in [1.82, 2.24) is 20.1 Å². The number of rotatable bonds is 5. The summed E-state index contributed by atoms with van der Waals surface area (Å²) in [5, 5.41) is 6.81. The van der Waals surface area contributed by atoms with Crippen molar-refractivity contribution in [1.29, 1.82) is 0 Å². The number of fused-ring (bicyclic) bond motifs is 1. The van der Waals surface area contributed by atoms with E-state index in [1.165, 1.54) is 53.1 Å². The van der Waals surface area contributed by atoms with E-state index in [1.807, 2.05) is 30.3 Å². The van der Waals surface area contributed by atoms with Crippen LogP contribution in [0.1, 0.15) is 32.6 Å². The molecule has 1 amide bonds. The van der Waals surface area contributed by atoms with Gasteiger partial charge < -0.3 is 11.1 Å². The molecular weight excluding hydrogens is 567 g/mol. The van der Waals surface area contributed by atoms with Crippen molar-refractivity contribution in [3.63, 3.8) is 0 Å². The van der Waals surface area contributed by atoms with Crippen LogP contribution in [0.25, 0.3) is 16.6 Å². The summed E-state index contributed by atoms with van der Waals surface area (Å²) in [6.07, 6.45) is -6.04. The summed E-state index contributed by atoms with van der Waals surface area (Å²) >= 11 is 0. The average molecular weight is 590 g/mol. The molecule has 3 aromatic carbocycles. The quantitative estimate of drug-likeness (QED) is 0.224. The predicted molar refractivity (Wildman–Crippen MR) is 141 cm³/mol. The third-order valence-corrected chi connectivity index (χ3v) is 5.99. The molecule has 13 heteroatoms. The molecule has 2 aromatic heterocycles. The van der Waals surface area contributed by atoms with E-state index in [-0.39, 0.29) is 17.2 Å². The highest BCUT2D eigenvalue weighted by Crippen LogP contribution is 2.36. The number of hydrogen-bond acceptors (Lipinski definition) is 4. The first-order chi connectivity index (χ1) is 19.9. The van der Waals surface area contributed by atoms with Crippen LogP contribution in [-0.4, -0.2) is 20.7 Å². The van der Waals surface area contributed by atoms with E-state index in [9.17, 15) is 35.5 Å². The Bertz CT molecular complexity index is 1630. The molecule has 0 fully saturated rings. The van der Waals surface area contributed by atoms with E-state index in [0.717, 1.165) is 0 Å². The number of carbonyl (C=O) groups is 1. The lowest BCUT2D eigenvalue weighted by atomic mass is 10.0. The minimum Gasteiger partial charge on any atom is -0.348 e. The molecule has 0 radical (unpaired) electrons. The van der Waals surface area contributed by atoms with Crippen LogP contribution in [0.2, 0.25) is 0 Å². The summed E-state index contributed by atoms with van der Waals surface area (Å²) in [6, 6.07) is 16.4. The number of halogens is 7. The number of nitrogens with two attached hydrogens (primary N) is 1. The minimum absolute atomic E-state index is 0.00822. The van der Waals surface area contributed by atoms with Crippen LogP contribution in [0, 0.1) is 5.82 Å². The van der Waals surface area contributed by atoms with Gasteiger partial charge in [-0.25, -0.2) is 9.07 Å². The van der Waals surface area contributed by atoms with Gasteiger partial charge in [0.25, 0.3) is 5.91 Å². The number of nitrogens with one attached hydrogen (secondary N) is 1. The Morgan fingerprint density at radius 2 is 1.43 bits per heavy atom. The first kappa shape index (κ1) is 30.2. The maximum atomic E-state index is 13.2. The van der Waals surface area contributed by atoms with E-state index < -0.39 is 41.7 Å². The van der Waals surface area contributed by atoms with Gasteiger partial charge in [-0.05, 0) is 53.6 Å². The Morgan fingerprint density at radius 3 is 1.98 bits per heavy atom. The third kappa shape index (κ3) is 7.29. The summed E-state index contributed by atoms with van der Waals surface area (Å²) in [7, 11) is 0. The molecule has 2 heterocycles. The molecule has 6 nitrogen and oxygen atoms in total. The number of benzene rings is 3. The highest BCUT2D eigenvalue weighted by atomic mass is 19.4. The maximum Gasteiger partial charge on any atom is 0.416 e. The lowest BCUT2D eigenvalue weighted by Crippen LogP contribution is -2.24. The first-order valence-electron chi connectivity index (χ1n) is 12.2. The van der Waals surface area contributed by atoms with Crippen molar-refractivity contribution in [2.75, 3.05) is 0 Å². The molecular formula is C29H22F7N5O. The normalized spacial score (nSPS) is 11.6. The zero-order valence-corrected chi connectivity index (χ0v) is 21.5. The van der Waals surface area contributed by atoms with Crippen molar-refractivity contribution >= 4 is 16.8 Å². The monoisotopic (exact) mass is 589 g/mol. The van der Waals surface area contributed by atoms with E-state index in [4.69, 9.17) is 5.73 Å². The summed E-state index contributed by atoms with van der Waals surface area (Å²) in [6.45, 7) is 0.0508. The fourth-order valence-corrected chi connectivity index (χ4v) is 3.92. The highest BCUT2D eigenvalue weighted by Gasteiger charge is 2.36. The Balaban J connectivity index is 0.000000437. The summed E-state index contributed by atoms with van der Waals surface area (Å²) in [5.74, 6) is -1.23. The van der Waals surface area contributed by atoms with Crippen molar-refractivity contribution in [2.24, 2.45) is 5.73 Å². The molecule has 0 atom stereocenters. The standard InChI is InChI=1S/C22H13F7N4O.C7H9N/c23-15-1-3-16(4-2-15)33-19-11-30-9-18(17(19)10-32-33)20(34)31-8-12-5-13(21(24,25)26)7-14(6-12)22(27,28)29;8-6-7-4-2-1-3-5-7/h1-7,9-11H,8H2,(H,31,34);1-5H,6,8H2. The van der Waals surface area contributed by atoms with Gasteiger partial charge in [0.15, 0.2) is 0 Å². The largest absolute Gasteiger partial charge is 0.416 e. The Hall–Kier alpha value is -4.78. The SMILES string of the molecule is NCc1ccccc1.O=C(NCc1cc(C(F)(F)F)cc(C(F)(F)F)c1)c1cncc2c1cnn2-c1ccc(F)cc1. The second kappa shape index (κ2) is 12.4. The highest BCUT2D eigenvalue weighted by molar-refractivity contribution is 6.05. The summed E-state index contributed by atoms with van der Waals surface area (Å²) < 4.78 is 92.9. The van der Waals surface area contributed by atoms with Gasteiger partial charge in [-0.1, -0.05) is 30.3 Å². The van der Waals surface area contributed by atoms with E-state index in [0.29, 0.717) is 35.3 Å². The number of alkyl halides is 6. The van der Waals surface area contributed by atoms with Crippen molar-refractivity contribution in [2.45, 2.75) is 25.4 Å². The fourth-order valence-electron chi connectivity index (χ4n) is 3.92. The summed E-state index contributed by atoms with van der Waals surface area (Å²) in [5.41, 5.74) is 4.09. The Labute approximate surface area is 234 Å². The zero-order chi connectivity index (χ0) is 30.5. The van der Waals surface area contributed by atoms with Gasteiger partial charge in [-0.2, -0.15) is 31.4 Å². The molecule has 0 unspecified atom stereocenters. The van der Waals surface area contributed by atoms with Crippen molar-refractivity contribution in [3.05, 3.63) is 125 Å². The second-order valence-corrected chi connectivity index (χ2v) is 8.94. The molecule has 0 aliphatic carbocycles. The molecule has 3 N–H and O–H groups in total. The number of pyridine rings is 1. The van der Waals surface area contributed by atoms with Gasteiger partial charge in [0, 0.05) is 24.7 Å². The van der Waals surface area contributed by atoms with E-state index in [2.05, 4.69) is 15.4 Å². The van der Waals surface area contributed by atoms with Gasteiger partial charge in [-0.3, -0.25) is 9.78 Å². The molecule has 0 saturated carbocycles. The Kier molecular flexibility index (Phi) is 8.90. The van der Waals surface area contributed by atoms with Gasteiger partial charge in [0.1, 0.15) is 5.82 Å². The lowest BCUT2D eigenvalue weighted by molar-refractivity contribution is -0.143. The molecule has 5 rings (SSSR count). The maximum absolute atomic E-state index is 13.2. The first-order valence-corrected chi connectivity index (χ1v) is 12.2. The van der Waals surface area contributed by atoms with Gasteiger partial charge in [-0.15, -0.1) is 0 Å². The number of carbonyl (C=O) groups excluding carboxylic acids is 1. The third-order valence-electron chi connectivity index (χ3n) is 5.99. The number of nitrogens with zero attached hydrogens (tertiary/aromatic N) is 3. The minimum atomic E-state index is -5.00. The molecule has 42 heavy (non-hydrogen) atoms. The van der Waals surface area contributed by atoms with Gasteiger partial charge in [0.05, 0.1) is 40.3 Å². The number of aromatic nitrogens is 3. The van der Waals surface area contributed by atoms with E-state index in [1.54, 1.807) is 0 Å². The molecule has 0 aliphatic heterocycles. The van der Waals surface area contributed by atoms with Gasteiger partial charge >= 0.3 is 12.4 Å². The van der Waals surface area contributed by atoms with Crippen molar-refractivity contribution in [3.8, 4) is 5.69 Å². The zero-order valence-electron chi connectivity index (χ0n) is 21.5.